The van der Waals surface area contributed by atoms with Gasteiger partial charge in [-0.25, -0.2) is 0 Å². The van der Waals surface area contributed by atoms with E-state index >= 15 is 0 Å². The molecule has 1 aromatic rings. The quantitative estimate of drug-likeness (QED) is 0.842. The summed E-state index contributed by atoms with van der Waals surface area (Å²) in [5.74, 6) is 0.432. The van der Waals surface area contributed by atoms with Crippen molar-refractivity contribution in [1.29, 1.82) is 0 Å². The van der Waals surface area contributed by atoms with E-state index in [0.29, 0.717) is 12.0 Å². The minimum Gasteiger partial charge on any atom is -0.315 e. The number of hydrogen-bond donors (Lipinski definition) is 1. The summed E-state index contributed by atoms with van der Waals surface area (Å²) in [4.78, 5) is 0. The molecule has 1 atom stereocenters. The molecule has 0 radical (unpaired) electrons. The van der Waals surface area contributed by atoms with E-state index in [1.165, 1.54) is 18.5 Å². The minimum atomic E-state index is 0.432. The number of halogens is 1. The van der Waals surface area contributed by atoms with Gasteiger partial charge in [-0.3, -0.25) is 4.68 Å². The van der Waals surface area contributed by atoms with Crippen molar-refractivity contribution in [3.05, 3.63) is 16.9 Å². The molecule has 0 bridgehead atoms. The third-order valence-electron chi connectivity index (χ3n) is 2.95. The molecule has 84 valence electrons. The van der Waals surface area contributed by atoms with Crippen molar-refractivity contribution in [1.82, 2.24) is 15.1 Å². The third kappa shape index (κ3) is 2.18. The summed E-state index contributed by atoms with van der Waals surface area (Å²) in [6, 6.07) is 0.476. The monoisotopic (exact) mass is 227 g/mol. The van der Waals surface area contributed by atoms with Crippen LogP contribution < -0.4 is 5.32 Å². The summed E-state index contributed by atoms with van der Waals surface area (Å²) in [5, 5.41) is 8.61. The van der Waals surface area contributed by atoms with E-state index in [1.54, 1.807) is 6.20 Å². The standard InChI is InChI=1S/C11H18ClN3/c1-8(2)11-10(12)7-14-15(11)9-4-3-5-13-6-9/h7-9,13H,3-6H2,1-2H3. The van der Waals surface area contributed by atoms with Gasteiger partial charge in [-0.15, -0.1) is 0 Å². The first kappa shape index (κ1) is 11.0. The number of rotatable bonds is 2. The molecule has 1 saturated heterocycles. The predicted molar refractivity (Wildman–Crippen MR) is 62.5 cm³/mol. The zero-order valence-electron chi connectivity index (χ0n) is 9.33. The van der Waals surface area contributed by atoms with Gasteiger partial charge in [0.15, 0.2) is 0 Å². The van der Waals surface area contributed by atoms with Crippen LogP contribution >= 0.6 is 11.6 Å². The lowest BCUT2D eigenvalue weighted by molar-refractivity contribution is 0.336. The number of piperidine rings is 1. The second kappa shape index (κ2) is 4.54. The van der Waals surface area contributed by atoms with E-state index in [-0.39, 0.29) is 0 Å². The molecule has 15 heavy (non-hydrogen) atoms. The highest BCUT2D eigenvalue weighted by Crippen LogP contribution is 2.28. The van der Waals surface area contributed by atoms with Crippen LogP contribution in [0.2, 0.25) is 5.02 Å². The Kier molecular flexibility index (Phi) is 3.32. The first-order chi connectivity index (χ1) is 7.20. The van der Waals surface area contributed by atoms with Gasteiger partial charge in [-0.1, -0.05) is 25.4 Å². The maximum atomic E-state index is 6.16. The highest BCUT2D eigenvalue weighted by atomic mass is 35.5. The van der Waals surface area contributed by atoms with Crippen LogP contribution in [0.4, 0.5) is 0 Å². The van der Waals surface area contributed by atoms with Crippen LogP contribution in [0.25, 0.3) is 0 Å². The fourth-order valence-corrected chi connectivity index (χ4v) is 2.57. The Morgan fingerprint density at radius 1 is 1.60 bits per heavy atom. The lowest BCUT2D eigenvalue weighted by Gasteiger charge is -2.25. The lowest BCUT2D eigenvalue weighted by atomic mass is 10.1. The van der Waals surface area contributed by atoms with Gasteiger partial charge in [0, 0.05) is 6.54 Å². The van der Waals surface area contributed by atoms with Crippen molar-refractivity contribution >= 4 is 11.6 Å². The molecule has 1 aliphatic rings. The van der Waals surface area contributed by atoms with Crippen LogP contribution in [0.1, 0.15) is 44.3 Å². The molecule has 4 heteroatoms. The average Bonchev–Trinajstić information content (AvgIpc) is 2.61. The predicted octanol–water partition coefficient (Wildman–Crippen LogP) is 2.58. The Morgan fingerprint density at radius 3 is 3.00 bits per heavy atom. The third-order valence-corrected chi connectivity index (χ3v) is 3.24. The highest BCUT2D eigenvalue weighted by molar-refractivity contribution is 6.31. The van der Waals surface area contributed by atoms with E-state index < -0.39 is 0 Å². The largest absolute Gasteiger partial charge is 0.315 e. The SMILES string of the molecule is CC(C)c1c(Cl)cnn1C1CCCNC1. The smallest absolute Gasteiger partial charge is 0.0820 e. The summed E-state index contributed by atoms with van der Waals surface area (Å²) >= 11 is 6.16. The van der Waals surface area contributed by atoms with E-state index in [1.807, 2.05) is 0 Å². The first-order valence-electron chi connectivity index (χ1n) is 5.63. The zero-order chi connectivity index (χ0) is 10.8. The van der Waals surface area contributed by atoms with E-state index in [9.17, 15) is 0 Å². The topological polar surface area (TPSA) is 29.9 Å². The van der Waals surface area contributed by atoms with Gasteiger partial charge >= 0.3 is 0 Å². The van der Waals surface area contributed by atoms with Crippen LogP contribution in [-0.4, -0.2) is 22.9 Å². The maximum Gasteiger partial charge on any atom is 0.0820 e. The average molecular weight is 228 g/mol. The molecule has 1 aromatic heterocycles. The van der Waals surface area contributed by atoms with Crippen molar-refractivity contribution < 1.29 is 0 Å². The fourth-order valence-electron chi connectivity index (χ4n) is 2.22. The van der Waals surface area contributed by atoms with Crippen LogP contribution in [0.5, 0.6) is 0 Å². The Balaban J connectivity index is 2.26. The fraction of sp³-hybridized carbons (Fsp3) is 0.727. The summed E-state index contributed by atoms with van der Waals surface area (Å²) in [5.41, 5.74) is 1.17. The van der Waals surface area contributed by atoms with E-state index in [2.05, 4.69) is 28.9 Å². The Morgan fingerprint density at radius 2 is 2.40 bits per heavy atom. The minimum absolute atomic E-state index is 0.432. The van der Waals surface area contributed by atoms with Crippen LogP contribution in [0.15, 0.2) is 6.20 Å². The molecular weight excluding hydrogens is 210 g/mol. The van der Waals surface area contributed by atoms with Gasteiger partial charge in [0.25, 0.3) is 0 Å². The number of nitrogens with zero attached hydrogens (tertiary/aromatic N) is 2. The van der Waals surface area contributed by atoms with Gasteiger partial charge in [0.2, 0.25) is 0 Å². The lowest BCUT2D eigenvalue weighted by Crippen LogP contribution is -2.33. The van der Waals surface area contributed by atoms with Gasteiger partial charge < -0.3 is 5.32 Å². The van der Waals surface area contributed by atoms with Crippen molar-refractivity contribution in [2.24, 2.45) is 0 Å². The van der Waals surface area contributed by atoms with Gasteiger partial charge in [-0.2, -0.15) is 5.10 Å². The Labute approximate surface area is 95.8 Å². The molecule has 1 fully saturated rings. The van der Waals surface area contributed by atoms with Crippen molar-refractivity contribution in [2.75, 3.05) is 13.1 Å². The number of nitrogens with one attached hydrogen (secondary N) is 1. The molecule has 0 spiro atoms. The van der Waals surface area contributed by atoms with Crippen molar-refractivity contribution in [3.8, 4) is 0 Å². The first-order valence-corrected chi connectivity index (χ1v) is 6.01. The van der Waals surface area contributed by atoms with Crippen molar-refractivity contribution in [3.63, 3.8) is 0 Å². The van der Waals surface area contributed by atoms with Crippen LogP contribution in [0.3, 0.4) is 0 Å². The van der Waals surface area contributed by atoms with Gasteiger partial charge in [0.05, 0.1) is 23.0 Å². The molecule has 0 aliphatic carbocycles. The van der Waals surface area contributed by atoms with Crippen LogP contribution in [-0.2, 0) is 0 Å². The molecule has 1 N–H and O–H groups in total. The summed E-state index contributed by atoms with van der Waals surface area (Å²) in [6.07, 6.45) is 4.19. The van der Waals surface area contributed by atoms with Gasteiger partial charge in [-0.05, 0) is 25.3 Å². The molecule has 0 aromatic carbocycles. The second-order valence-corrected chi connectivity index (χ2v) is 4.88. The number of hydrogen-bond acceptors (Lipinski definition) is 2. The molecule has 1 unspecified atom stereocenters. The highest BCUT2D eigenvalue weighted by Gasteiger charge is 2.21. The van der Waals surface area contributed by atoms with E-state index in [0.717, 1.165) is 18.1 Å². The summed E-state index contributed by atoms with van der Waals surface area (Å²) < 4.78 is 2.11. The molecule has 1 aliphatic heterocycles. The molecule has 0 amide bonds. The van der Waals surface area contributed by atoms with Gasteiger partial charge in [0.1, 0.15) is 0 Å². The van der Waals surface area contributed by atoms with Crippen molar-refractivity contribution in [2.45, 2.75) is 38.6 Å². The molecular formula is C11H18ClN3. The second-order valence-electron chi connectivity index (χ2n) is 4.48. The molecule has 0 saturated carbocycles. The normalized spacial score (nSPS) is 22.3. The molecule has 2 rings (SSSR count). The maximum absolute atomic E-state index is 6.16. The summed E-state index contributed by atoms with van der Waals surface area (Å²) in [7, 11) is 0. The van der Waals surface area contributed by atoms with Crippen LogP contribution in [0, 0.1) is 0 Å². The molecule has 2 heterocycles. The van der Waals surface area contributed by atoms with E-state index in [4.69, 9.17) is 11.6 Å². The Bertz CT molecular complexity index is 327. The Hall–Kier alpha value is -0.540. The molecule has 3 nitrogen and oxygen atoms in total. The zero-order valence-corrected chi connectivity index (χ0v) is 10.1. The number of aromatic nitrogens is 2. The summed E-state index contributed by atoms with van der Waals surface area (Å²) in [6.45, 7) is 6.46.